The number of ether oxygens (including phenoxy) is 1. The number of hydrogen-bond donors (Lipinski definition) is 0. The van der Waals surface area contributed by atoms with Crippen LogP contribution in [-0.2, 0) is 14.3 Å². The first-order valence-electron chi connectivity index (χ1n) is 6.08. The highest BCUT2D eigenvalue weighted by molar-refractivity contribution is 5.82. The first kappa shape index (κ1) is 15.5. The predicted molar refractivity (Wildman–Crippen MR) is 73.4 cm³/mol. The summed E-state index contributed by atoms with van der Waals surface area (Å²) in [4.78, 5) is 23.0. The number of esters is 1. The van der Waals surface area contributed by atoms with E-state index in [1.165, 1.54) is 7.11 Å². The van der Waals surface area contributed by atoms with Gasteiger partial charge in [0.05, 0.1) is 13.2 Å². The van der Waals surface area contributed by atoms with Crippen LogP contribution in [0.15, 0.2) is 30.3 Å². The highest BCUT2D eigenvalue weighted by Gasteiger charge is 2.47. The number of benzene rings is 1. The van der Waals surface area contributed by atoms with Crippen LogP contribution in [0.3, 0.4) is 0 Å². The van der Waals surface area contributed by atoms with Crippen LogP contribution in [0.5, 0.6) is 0 Å². The Bertz CT molecular complexity index is 553. The van der Waals surface area contributed by atoms with Gasteiger partial charge >= 0.3 is 5.97 Å². The minimum absolute atomic E-state index is 0.0222. The molecule has 1 aromatic carbocycles. The third-order valence-electron chi connectivity index (χ3n) is 3.26. The van der Waals surface area contributed by atoms with Crippen LogP contribution in [0.4, 0.5) is 0 Å². The van der Waals surface area contributed by atoms with Crippen molar-refractivity contribution >= 4 is 12.3 Å². The molecule has 20 heavy (non-hydrogen) atoms. The van der Waals surface area contributed by atoms with Crippen LogP contribution in [0.25, 0.3) is 0 Å². The molecule has 102 valence electrons. The van der Waals surface area contributed by atoms with Crippen molar-refractivity contribution in [3.05, 3.63) is 35.9 Å². The number of carbonyl (C=O) groups excluding carboxylic acids is 2. The van der Waals surface area contributed by atoms with Gasteiger partial charge in [0.1, 0.15) is 6.29 Å². The third-order valence-corrected chi connectivity index (χ3v) is 3.26. The average Bonchev–Trinajstić information content (AvgIpc) is 2.51. The van der Waals surface area contributed by atoms with Gasteiger partial charge in [0.2, 0.25) is 0 Å². The number of carbonyl (C=O) groups is 2. The van der Waals surface area contributed by atoms with E-state index in [0.717, 1.165) is 0 Å². The predicted octanol–water partition coefficient (Wildman–Crippen LogP) is 2.07. The minimum Gasteiger partial charge on any atom is -0.468 e. The van der Waals surface area contributed by atoms with Crippen LogP contribution in [0, 0.1) is 29.1 Å². The van der Waals surface area contributed by atoms with Crippen molar-refractivity contribution in [2.75, 3.05) is 7.11 Å². The van der Waals surface area contributed by atoms with Gasteiger partial charge in [-0.05, 0) is 5.56 Å². The molecule has 0 fully saturated rings. The molecule has 0 unspecified atom stereocenters. The summed E-state index contributed by atoms with van der Waals surface area (Å²) in [6.07, 6.45) is 5.90. The van der Waals surface area contributed by atoms with Gasteiger partial charge in [0, 0.05) is 18.8 Å². The fourth-order valence-corrected chi connectivity index (χ4v) is 2.25. The molecule has 0 amide bonds. The van der Waals surface area contributed by atoms with Crippen molar-refractivity contribution in [2.24, 2.45) is 5.41 Å². The van der Waals surface area contributed by atoms with E-state index in [-0.39, 0.29) is 12.8 Å². The highest BCUT2D eigenvalue weighted by Crippen LogP contribution is 2.41. The lowest BCUT2D eigenvalue weighted by atomic mass is 9.69. The van der Waals surface area contributed by atoms with Crippen molar-refractivity contribution in [2.45, 2.75) is 18.8 Å². The summed E-state index contributed by atoms with van der Waals surface area (Å²) in [5, 5.41) is 9.51. The van der Waals surface area contributed by atoms with E-state index >= 15 is 0 Å². The topological polar surface area (TPSA) is 67.2 Å². The van der Waals surface area contributed by atoms with Crippen LogP contribution in [-0.4, -0.2) is 19.4 Å². The molecule has 0 aliphatic carbocycles. The zero-order chi connectivity index (χ0) is 15.0. The molecule has 1 aromatic rings. The van der Waals surface area contributed by atoms with E-state index in [1.54, 1.807) is 24.3 Å². The maximum Gasteiger partial charge on any atom is 0.327 e. The Morgan fingerprint density at radius 1 is 1.50 bits per heavy atom. The summed E-state index contributed by atoms with van der Waals surface area (Å²) < 4.78 is 4.74. The van der Waals surface area contributed by atoms with Crippen molar-refractivity contribution in [3.8, 4) is 18.4 Å². The van der Waals surface area contributed by atoms with Gasteiger partial charge in [-0.25, -0.2) is 0 Å². The minimum atomic E-state index is -1.55. The van der Waals surface area contributed by atoms with E-state index in [4.69, 9.17) is 11.2 Å². The molecule has 0 saturated carbocycles. The summed E-state index contributed by atoms with van der Waals surface area (Å²) in [5.74, 6) is 1.00. The number of aldehydes is 1. The van der Waals surface area contributed by atoms with Crippen LogP contribution >= 0.6 is 0 Å². The van der Waals surface area contributed by atoms with Crippen LogP contribution < -0.4 is 0 Å². The molecule has 1 rings (SSSR count). The first-order valence-corrected chi connectivity index (χ1v) is 6.08. The Labute approximate surface area is 118 Å². The number of nitrogens with zero attached hydrogens (tertiary/aromatic N) is 1. The quantitative estimate of drug-likeness (QED) is 0.450. The molecule has 0 heterocycles. The maximum absolute atomic E-state index is 12.1. The molecule has 0 spiro atoms. The van der Waals surface area contributed by atoms with Gasteiger partial charge in [-0.15, -0.1) is 12.3 Å². The first-order chi connectivity index (χ1) is 9.66. The van der Waals surface area contributed by atoms with E-state index < -0.39 is 17.3 Å². The molecule has 0 N–H and O–H groups in total. The molecular formula is C16H15NO3. The van der Waals surface area contributed by atoms with Gasteiger partial charge < -0.3 is 9.53 Å². The van der Waals surface area contributed by atoms with Crippen molar-refractivity contribution in [1.29, 1.82) is 5.26 Å². The zero-order valence-corrected chi connectivity index (χ0v) is 11.2. The molecule has 0 radical (unpaired) electrons. The van der Waals surface area contributed by atoms with E-state index in [0.29, 0.717) is 11.8 Å². The van der Waals surface area contributed by atoms with Gasteiger partial charge in [0.25, 0.3) is 0 Å². The molecule has 4 heteroatoms. The zero-order valence-electron chi connectivity index (χ0n) is 11.2. The van der Waals surface area contributed by atoms with Crippen molar-refractivity contribution < 1.29 is 14.3 Å². The second kappa shape index (κ2) is 7.11. The largest absolute Gasteiger partial charge is 0.468 e. The standard InChI is InChI=1S/C16H15NO3/c1-3-10-16(12-17,15(19)20-2)14(9-11-18)13-7-5-4-6-8-13/h1,4-8,11,14H,9-10H2,2H3/t14-,16-/m0/s1. The number of hydrogen-bond acceptors (Lipinski definition) is 4. The second-order valence-electron chi connectivity index (χ2n) is 4.32. The van der Waals surface area contributed by atoms with Crippen LogP contribution in [0.1, 0.15) is 24.3 Å². The summed E-state index contributed by atoms with van der Waals surface area (Å²) in [5.41, 5.74) is -0.840. The van der Waals surface area contributed by atoms with E-state index in [1.807, 2.05) is 12.1 Å². The molecule has 0 saturated heterocycles. The fraction of sp³-hybridized carbons (Fsp3) is 0.312. The highest BCUT2D eigenvalue weighted by atomic mass is 16.5. The van der Waals surface area contributed by atoms with Crippen molar-refractivity contribution in [1.82, 2.24) is 0 Å². The Balaban J connectivity index is 3.40. The lowest BCUT2D eigenvalue weighted by Gasteiger charge is -2.30. The molecule has 4 nitrogen and oxygen atoms in total. The lowest BCUT2D eigenvalue weighted by molar-refractivity contribution is -0.150. The summed E-state index contributed by atoms with van der Waals surface area (Å²) >= 11 is 0. The number of nitriles is 1. The monoisotopic (exact) mass is 269 g/mol. The summed E-state index contributed by atoms with van der Waals surface area (Å²) in [7, 11) is 1.20. The Morgan fingerprint density at radius 3 is 2.60 bits per heavy atom. The van der Waals surface area contributed by atoms with Gasteiger partial charge in [0.15, 0.2) is 5.41 Å². The lowest BCUT2D eigenvalue weighted by Crippen LogP contribution is -2.37. The van der Waals surface area contributed by atoms with Gasteiger partial charge in [-0.3, -0.25) is 4.79 Å². The number of rotatable bonds is 6. The Hall–Kier alpha value is -2.59. The average molecular weight is 269 g/mol. The Kier molecular flexibility index (Phi) is 5.50. The smallest absolute Gasteiger partial charge is 0.327 e. The molecule has 0 aliphatic rings. The van der Waals surface area contributed by atoms with Crippen LogP contribution in [0.2, 0.25) is 0 Å². The van der Waals surface area contributed by atoms with E-state index in [9.17, 15) is 14.9 Å². The third kappa shape index (κ3) is 2.87. The molecular weight excluding hydrogens is 254 g/mol. The number of terminal acetylenes is 1. The van der Waals surface area contributed by atoms with E-state index in [2.05, 4.69) is 5.92 Å². The maximum atomic E-state index is 12.1. The Morgan fingerprint density at radius 2 is 2.15 bits per heavy atom. The molecule has 0 aliphatic heterocycles. The summed E-state index contributed by atoms with van der Waals surface area (Å²) in [6.45, 7) is 0. The number of methoxy groups -OCH3 is 1. The fourth-order valence-electron chi connectivity index (χ4n) is 2.25. The normalized spacial score (nSPS) is 14.2. The SMILES string of the molecule is C#CC[C@@](C#N)(C(=O)OC)[C@@H](CC=O)c1ccccc1. The van der Waals surface area contributed by atoms with Gasteiger partial charge in [-0.1, -0.05) is 30.3 Å². The van der Waals surface area contributed by atoms with Crippen molar-refractivity contribution in [3.63, 3.8) is 0 Å². The summed E-state index contributed by atoms with van der Waals surface area (Å²) in [6, 6.07) is 10.9. The molecule has 2 atom stereocenters. The second-order valence-corrected chi connectivity index (χ2v) is 4.32. The van der Waals surface area contributed by atoms with Gasteiger partial charge in [-0.2, -0.15) is 5.26 Å². The molecule has 0 bridgehead atoms. The molecule has 0 aromatic heterocycles.